The zero-order chi connectivity index (χ0) is 7.72. The Hall–Kier alpha value is -0.0300. The molecule has 3 nitrogen and oxygen atoms in total. The van der Waals surface area contributed by atoms with Crippen LogP contribution < -0.4 is 0 Å². The molecule has 10 heavy (non-hydrogen) atoms. The second-order valence-corrected chi connectivity index (χ2v) is 2.94. The van der Waals surface area contributed by atoms with Gasteiger partial charge >= 0.3 is 0 Å². The van der Waals surface area contributed by atoms with E-state index in [4.69, 9.17) is 15.3 Å². The van der Waals surface area contributed by atoms with E-state index in [1.165, 1.54) is 6.08 Å². The molecular weight excluding hydrogens is 152 g/mol. The second-order valence-electron chi connectivity index (χ2n) is 2.35. The van der Waals surface area contributed by atoms with Crippen molar-refractivity contribution in [3.8, 4) is 0 Å². The number of hydrogen-bond acceptors (Lipinski definition) is 4. The summed E-state index contributed by atoms with van der Waals surface area (Å²) in [5.74, 6) is 0. The molecule has 3 N–H and O–H groups in total. The van der Waals surface area contributed by atoms with Crippen LogP contribution in [0.2, 0.25) is 0 Å². The van der Waals surface area contributed by atoms with Crippen molar-refractivity contribution in [1.82, 2.24) is 0 Å². The van der Waals surface area contributed by atoms with Gasteiger partial charge in [0.05, 0.1) is 6.10 Å². The minimum Gasteiger partial charge on any atom is -0.389 e. The van der Waals surface area contributed by atoms with Gasteiger partial charge in [-0.2, -0.15) is 12.6 Å². The average molecular weight is 162 g/mol. The van der Waals surface area contributed by atoms with Gasteiger partial charge in [-0.25, -0.2) is 0 Å². The first-order valence-corrected chi connectivity index (χ1v) is 3.55. The molecule has 0 aromatic rings. The number of hydrogen-bond donors (Lipinski definition) is 4. The lowest BCUT2D eigenvalue weighted by Crippen LogP contribution is -2.44. The molecule has 0 aromatic carbocycles. The summed E-state index contributed by atoms with van der Waals surface area (Å²) in [5, 5.41) is 26.7. The minimum absolute atomic E-state index is 0.376. The predicted octanol–water partition coefficient (Wildman–Crippen LogP) is -1.06. The highest BCUT2D eigenvalue weighted by Crippen LogP contribution is 2.17. The van der Waals surface area contributed by atoms with Crippen molar-refractivity contribution in [2.45, 2.75) is 23.6 Å². The molecule has 1 aliphatic carbocycles. The van der Waals surface area contributed by atoms with Crippen molar-refractivity contribution in [2.24, 2.45) is 0 Å². The second kappa shape index (κ2) is 2.92. The lowest BCUT2D eigenvalue weighted by Gasteiger charge is -2.27. The van der Waals surface area contributed by atoms with Crippen molar-refractivity contribution in [1.29, 1.82) is 0 Å². The molecule has 1 rings (SSSR count). The summed E-state index contributed by atoms with van der Waals surface area (Å²) in [6.45, 7) is 0. The third-order valence-corrected chi connectivity index (χ3v) is 2.03. The maximum atomic E-state index is 9.08. The molecule has 58 valence electrons. The maximum Gasteiger partial charge on any atom is 0.111 e. The molecule has 0 bridgehead atoms. The molecular formula is C6H10O3S. The van der Waals surface area contributed by atoms with Crippen LogP contribution >= 0.6 is 12.6 Å². The SMILES string of the molecule is O[C@@H]1[C@@H](O)[C@H](S)C=C[C@H]1O. The zero-order valence-corrected chi connectivity index (χ0v) is 6.15. The Bertz CT molecular complexity index is 132. The lowest BCUT2D eigenvalue weighted by atomic mass is 9.98. The van der Waals surface area contributed by atoms with Gasteiger partial charge in [0, 0.05) is 5.25 Å². The number of aliphatic hydroxyl groups is 3. The molecule has 0 spiro atoms. The van der Waals surface area contributed by atoms with Crippen molar-refractivity contribution >= 4 is 12.6 Å². The van der Waals surface area contributed by atoms with E-state index in [1.54, 1.807) is 6.08 Å². The summed E-state index contributed by atoms with van der Waals surface area (Å²) >= 11 is 3.95. The van der Waals surface area contributed by atoms with Crippen LogP contribution in [0.3, 0.4) is 0 Å². The molecule has 0 fully saturated rings. The minimum atomic E-state index is -1.10. The Morgan fingerprint density at radius 3 is 2.10 bits per heavy atom. The molecule has 0 saturated heterocycles. The molecule has 0 aromatic heterocycles. The van der Waals surface area contributed by atoms with E-state index in [1.807, 2.05) is 0 Å². The van der Waals surface area contributed by atoms with Crippen molar-refractivity contribution in [3.05, 3.63) is 12.2 Å². The van der Waals surface area contributed by atoms with Gasteiger partial charge in [0.2, 0.25) is 0 Å². The normalized spacial score (nSPS) is 47.6. The van der Waals surface area contributed by atoms with Crippen molar-refractivity contribution in [2.75, 3.05) is 0 Å². The number of rotatable bonds is 0. The van der Waals surface area contributed by atoms with Crippen LogP contribution in [0.25, 0.3) is 0 Å². The highest BCUT2D eigenvalue weighted by Gasteiger charge is 2.30. The fraction of sp³-hybridized carbons (Fsp3) is 0.667. The molecule has 0 aliphatic heterocycles. The van der Waals surface area contributed by atoms with E-state index < -0.39 is 18.3 Å². The summed E-state index contributed by atoms with van der Waals surface area (Å²) < 4.78 is 0. The van der Waals surface area contributed by atoms with Gasteiger partial charge in [-0.3, -0.25) is 0 Å². The smallest absolute Gasteiger partial charge is 0.111 e. The molecule has 0 saturated carbocycles. The molecule has 4 heteroatoms. The molecule has 0 unspecified atom stereocenters. The van der Waals surface area contributed by atoms with E-state index in [2.05, 4.69) is 12.6 Å². The van der Waals surface area contributed by atoms with Crippen LogP contribution in [0, 0.1) is 0 Å². The molecule has 4 atom stereocenters. The van der Waals surface area contributed by atoms with E-state index in [-0.39, 0.29) is 5.25 Å². The topological polar surface area (TPSA) is 60.7 Å². The first-order valence-electron chi connectivity index (χ1n) is 3.03. The first-order chi connectivity index (χ1) is 4.63. The molecule has 1 aliphatic rings. The van der Waals surface area contributed by atoms with E-state index in [0.29, 0.717) is 0 Å². The lowest BCUT2D eigenvalue weighted by molar-refractivity contribution is -0.0427. The van der Waals surface area contributed by atoms with Crippen LogP contribution in [0.15, 0.2) is 12.2 Å². The highest BCUT2D eigenvalue weighted by atomic mass is 32.1. The maximum absolute atomic E-state index is 9.08. The van der Waals surface area contributed by atoms with Crippen LogP contribution in [-0.2, 0) is 0 Å². The first kappa shape index (κ1) is 8.07. The largest absolute Gasteiger partial charge is 0.389 e. The van der Waals surface area contributed by atoms with Gasteiger partial charge in [0.25, 0.3) is 0 Å². The van der Waals surface area contributed by atoms with Crippen LogP contribution in [0.1, 0.15) is 0 Å². The Morgan fingerprint density at radius 2 is 1.60 bits per heavy atom. The molecule has 0 radical (unpaired) electrons. The summed E-state index contributed by atoms with van der Waals surface area (Å²) in [6, 6.07) is 0. The van der Waals surface area contributed by atoms with E-state index in [9.17, 15) is 0 Å². The third-order valence-electron chi connectivity index (χ3n) is 1.56. The van der Waals surface area contributed by atoms with Crippen LogP contribution in [0.4, 0.5) is 0 Å². The predicted molar refractivity (Wildman–Crippen MR) is 39.9 cm³/mol. The molecule has 0 amide bonds. The van der Waals surface area contributed by atoms with E-state index in [0.717, 1.165) is 0 Å². The van der Waals surface area contributed by atoms with E-state index >= 15 is 0 Å². The summed E-state index contributed by atoms with van der Waals surface area (Å²) in [7, 11) is 0. The third kappa shape index (κ3) is 1.34. The number of thiol groups is 1. The Balaban J connectivity index is 2.69. The fourth-order valence-corrected chi connectivity index (χ4v) is 1.14. The quantitative estimate of drug-likeness (QED) is 0.271. The number of aliphatic hydroxyl groups excluding tert-OH is 3. The Morgan fingerprint density at radius 1 is 1.00 bits per heavy atom. The Labute approximate surface area is 64.4 Å². The summed E-state index contributed by atoms with van der Waals surface area (Å²) in [6.07, 6.45) is -0.0468. The van der Waals surface area contributed by atoms with Gasteiger partial charge in [-0.05, 0) is 0 Å². The van der Waals surface area contributed by atoms with Gasteiger partial charge in [-0.1, -0.05) is 12.2 Å². The van der Waals surface area contributed by atoms with Gasteiger partial charge < -0.3 is 15.3 Å². The van der Waals surface area contributed by atoms with Gasteiger partial charge in [-0.15, -0.1) is 0 Å². The average Bonchev–Trinajstić information content (AvgIpc) is 1.93. The van der Waals surface area contributed by atoms with Crippen molar-refractivity contribution in [3.63, 3.8) is 0 Å². The summed E-state index contributed by atoms with van der Waals surface area (Å²) in [5.41, 5.74) is 0. The fourth-order valence-electron chi connectivity index (χ4n) is 0.859. The van der Waals surface area contributed by atoms with Crippen LogP contribution in [-0.4, -0.2) is 38.9 Å². The van der Waals surface area contributed by atoms with Crippen molar-refractivity contribution < 1.29 is 15.3 Å². The van der Waals surface area contributed by atoms with Gasteiger partial charge in [0.1, 0.15) is 12.2 Å². The molecule has 0 heterocycles. The van der Waals surface area contributed by atoms with Crippen LogP contribution in [0.5, 0.6) is 0 Å². The highest BCUT2D eigenvalue weighted by molar-refractivity contribution is 7.81. The standard InChI is InChI=1S/C6H10O3S/c7-3-1-2-4(10)6(9)5(3)8/h1-10H/t3-,4-,5+,6+/m1/s1. The van der Waals surface area contributed by atoms with Gasteiger partial charge in [0.15, 0.2) is 0 Å². The zero-order valence-electron chi connectivity index (χ0n) is 5.25. The summed E-state index contributed by atoms with van der Waals surface area (Å²) in [4.78, 5) is 0. The Kier molecular flexibility index (Phi) is 2.36. The monoisotopic (exact) mass is 162 g/mol.